The number of carbonyl (C=O) groups excluding carboxylic acids is 1. The van der Waals surface area contributed by atoms with Crippen LogP contribution in [0.5, 0.6) is 0 Å². The van der Waals surface area contributed by atoms with Gasteiger partial charge >= 0.3 is 0 Å². The second-order valence-electron chi connectivity index (χ2n) is 3.89. The molecule has 0 N–H and O–H groups in total. The van der Waals surface area contributed by atoms with E-state index in [0.29, 0.717) is 12.1 Å². The maximum Gasteiger partial charge on any atom is 0.255 e. The molecular weight excluding hydrogens is 248 g/mol. The lowest BCUT2D eigenvalue weighted by atomic mass is 10.2. The van der Waals surface area contributed by atoms with Crippen LogP contribution in [-0.2, 0) is 6.54 Å². The zero-order chi connectivity index (χ0) is 12.1. The van der Waals surface area contributed by atoms with Crippen LogP contribution in [0.15, 0.2) is 54.9 Å². The van der Waals surface area contributed by atoms with Gasteiger partial charge in [0.2, 0.25) is 0 Å². The molecule has 0 unspecified atom stereocenters. The number of rotatable bonds is 3. The first-order chi connectivity index (χ1) is 8.27. The topological polar surface area (TPSA) is 33.2 Å². The molecule has 1 aromatic heterocycles. The molecule has 0 saturated heterocycles. The van der Waals surface area contributed by atoms with E-state index >= 15 is 0 Å². The summed E-state index contributed by atoms with van der Waals surface area (Å²) in [6.07, 6.45) is 3.25. The predicted octanol–water partition coefficient (Wildman–Crippen LogP) is 2.78. The van der Waals surface area contributed by atoms with Crippen molar-refractivity contribution >= 4 is 18.3 Å². The van der Waals surface area contributed by atoms with Gasteiger partial charge in [-0.2, -0.15) is 0 Å². The number of pyridine rings is 1. The Morgan fingerprint density at radius 1 is 1.17 bits per heavy atom. The standard InChI is InChI=1S/C14H14N2O.ClH/c1-16(11-12-6-3-2-4-7-12)14(17)13-8-5-9-15-10-13;/h2-10H,11H2,1H3;1H. The third-order valence-corrected chi connectivity index (χ3v) is 2.52. The molecule has 4 heteroatoms. The number of nitrogens with zero attached hydrogens (tertiary/aromatic N) is 2. The molecule has 3 nitrogen and oxygen atoms in total. The van der Waals surface area contributed by atoms with Gasteiger partial charge in [-0.25, -0.2) is 0 Å². The number of amides is 1. The largest absolute Gasteiger partial charge is 0.337 e. The van der Waals surface area contributed by atoms with E-state index in [-0.39, 0.29) is 18.3 Å². The molecule has 0 bridgehead atoms. The molecule has 0 aliphatic carbocycles. The summed E-state index contributed by atoms with van der Waals surface area (Å²) in [7, 11) is 1.79. The average molecular weight is 263 g/mol. The smallest absolute Gasteiger partial charge is 0.255 e. The van der Waals surface area contributed by atoms with Gasteiger partial charge in [-0.1, -0.05) is 30.3 Å². The zero-order valence-corrected chi connectivity index (χ0v) is 10.9. The molecule has 0 radical (unpaired) electrons. The lowest BCUT2D eigenvalue weighted by Gasteiger charge is -2.16. The van der Waals surface area contributed by atoms with Gasteiger partial charge in [-0.05, 0) is 17.7 Å². The second kappa shape index (κ2) is 6.77. The van der Waals surface area contributed by atoms with Gasteiger partial charge in [0.15, 0.2) is 0 Å². The maximum atomic E-state index is 12.0. The van der Waals surface area contributed by atoms with Crippen molar-refractivity contribution in [2.75, 3.05) is 7.05 Å². The molecule has 18 heavy (non-hydrogen) atoms. The van der Waals surface area contributed by atoms with E-state index in [4.69, 9.17) is 0 Å². The van der Waals surface area contributed by atoms with Crippen molar-refractivity contribution in [3.8, 4) is 0 Å². The van der Waals surface area contributed by atoms with E-state index in [9.17, 15) is 4.79 Å². The molecule has 1 aromatic carbocycles. The summed E-state index contributed by atoms with van der Waals surface area (Å²) in [5, 5.41) is 0. The molecule has 0 spiro atoms. The van der Waals surface area contributed by atoms with E-state index in [1.165, 1.54) is 0 Å². The number of hydrogen-bond acceptors (Lipinski definition) is 2. The van der Waals surface area contributed by atoms with Crippen LogP contribution >= 0.6 is 12.4 Å². The van der Waals surface area contributed by atoms with Crippen LogP contribution in [0.25, 0.3) is 0 Å². The van der Waals surface area contributed by atoms with Gasteiger partial charge < -0.3 is 4.90 Å². The van der Waals surface area contributed by atoms with Crippen LogP contribution in [-0.4, -0.2) is 22.8 Å². The van der Waals surface area contributed by atoms with Gasteiger partial charge in [-0.15, -0.1) is 12.4 Å². The van der Waals surface area contributed by atoms with Gasteiger partial charge in [0, 0.05) is 26.0 Å². The van der Waals surface area contributed by atoms with Crippen LogP contribution in [0.1, 0.15) is 15.9 Å². The molecule has 0 atom stereocenters. The van der Waals surface area contributed by atoms with Crippen molar-refractivity contribution in [3.05, 3.63) is 66.0 Å². The van der Waals surface area contributed by atoms with Crippen molar-refractivity contribution in [3.63, 3.8) is 0 Å². The van der Waals surface area contributed by atoms with Crippen molar-refractivity contribution < 1.29 is 4.79 Å². The van der Waals surface area contributed by atoms with Crippen LogP contribution in [0.4, 0.5) is 0 Å². The van der Waals surface area contributed by atoms with Crippen molar-refractivity contribution in [2.45, 2.75) is 6.54 Å². The van der Waals surface area contributed by atoms with Crippen molar-refractivity contribution in [1.29, 1.82) is 0 Å². The normalized spacial score (nSPS) is 9.39. The fraction of sp³-hybridized carbons (Fsp3) is 0.143. The summed E-state index contributed by atoms with van der Waals surface area (Å²) in [5.41, 5.74) is 1.73. The molecule has 0 aliphatic heterocycles. The molecular formula is C14H15ClN2O. The lowest BCUT2D eigenvalue weighted by Crippen LogP contribution is -2.26. The summed E-state index contributed by atoms with van der Waals surface area (Å²) < 4.78 is 0. The summed E-state index contributed by atoms with van der Waals surface area (Å²) >= 11 is 0. The van der Waals surface area contributed by atoms with E-state index in [2.05, 4.69) is 4.98 Å². The SMILES string of the molecule is CN(Cc1ccccc1)C(=O)c1cccnc1.Cl. The summed E-state index contributed by atoms with van der Waals surface area (Å²) in [6.45, 7) is 0.606. The molecule has 1 amide bonds. The van der Waals surface area contributed by atoms with Crippen LogP contribution in [0, 0.1) is 0 Å². The highest BCUT2D eigenvalue weighted by molar-refractivity contribution is 5.93. The number of hydrogen-bond donors (Lipinski definition) is 0. The Morgan fingerprint density at radius 2 is 1.89 bits per heavy atom. The van der Waals surface area contributed by atoms with E-state index < -0.39 is 0 Å². The Kier molecular flexibility index (Phi) is 5.33. The number of carbonyl (C=O) groups is 1. The van der Waals surface area contributed by atoms with Crippen LogP contribution in [0.2, 0.25) is 0 Å². The average Bonchev–Trinajstić information content (AvgIpc) is 2.40. The Balaban J connectivity index is 0.00000162. The first kappa shape index (κ1) is 14.2. The minimum Gasteiger partial charge on any atom is -0.337 e. The minimum absolute atomic E-state index is 0. The Morgan fingerprint density at radius 3 is 2.50 bits per heavy atom. The molecule has 0 aliphatic rings. The van der Waals surface area contributed by atoms with Gasteiger partial charge in [0.25, 0.3) is 5.91 Å². The fourth-order valence-corrected chi connectivity index (χ4v) is 1.64. The highest BCUT2D eigenvalue weighted by atomic mass is 35.5. The number of halogens is 1. The first-order valence-electron chi connectivity index (χ1n) is 5.47. The lowest BCUT2D eigenvalue weighted by molar-refractivity contribution is 0.0784. The number of benzene rings is 1. The quantitative estimate of drug-likeness (QED) is 0.852. The van der Waals surface area contributed by atoms with Gasteiger partial charge in [0.1, 0.15) is 0 Å². The third kappa shape index (κ3) is 3.57. The summed E-state index contributed by atoms with van der Waals surface area (Å²) in [5.74, 6) is -0.0121. The van der Waals surface area contributed by atoms with Gasteiger partial charge in [-0.3, -0.25) is 9.78 Å². The van der Waals surface area contributed by atoms with Crippen molar-refractivity contribution in [2.24, 2.45) is 0 Å². The fourth-order valence-electron chi connectivity index (χ4n) is 1.64. The Bertz CT molecular complexity index is 488. The molecule has 0 fully saturated rings. The summed E-state index contributed by atoms with van der Waals surface area (Å²) in [4.78, 5) is 17.7. The Labute approximate surface area is 113 Å². The molecule has 1 heterocycles. The van der Waals surface area contributed by atoms with Gasteiger partial charge in [0.05, 0.1) is 5.56 Å². The molecule has 94 valence electrons. The second-order valence-corrected chi connectivity index (χ2v) is 3.89. The highest BCUT2D eigenvalue weighted by Gasteiger charge is 2.11. The Hall–Kier alpha value is -1.87. The predicted molar refractivity (Wildman–Crippen MR) is 73.7 cm³/mol. The van der Waals surface area contributed by atoms with Crippen LogP contribution < -0.4 is 0 Å². The van der Waals surface area contributed by atoms with E-state index in [1.807, 2.05) is 30.3 Å². The monoisotopic (exact) mass is 262 g/mol. The third-order valence-electron chi connectivity index (χ3n) is 2.52. The highest BCUT2D eigenvalue weighted by Crippen LogP contribution is 2.07. The number of aromatic nitrogens is 1. The zero-order valence-electron chi connectivity index (χ0n) is 10.1. The summed E-state index contributed by atoms with van der Waals surface area (Å²) in [6, 6.07) is 13.5. The van der Waals surface area contributed by atoms with E-state index in [0.717, 1.165) is 5.56 Å². The van der Waals surface area contributed by atoms with Crippen LogP contribution in [0.3, 0.4) is 0 Å². The minimum atomic E-state index is -0.0121. The maximum absolute atomic E-state index is 12.0. The van der Waals surface area contributed by atoms with Crippen molar-refractivity contribution in [1.82, 2.24) is 9.88 Å². The molecule has 2 rings (SSSR count). The first-order valence-corrected chi connectivity index (χ1v) is 5.47. The molecule has 2 aromatic rings. The van der Waals surface area contributed by atoms with E-state index in [1.54, 1.807) is 36.5 Å². The molecule has 0 saturated carbocycles.